The van der Waals surface area contributed by atoms with E-state index in [9.17, 15) is 4.79 Å². The summed E-state index contributed by atoms with van der Waals surface area (Å²) >= 11 is 0. The summed E-state index contributed by atoms with van der Waals surface area (Å²) in [5, 5.41) is 6.81. The third kappa shape index (κ3) is 5.19. The van der Waals surface area contributed by atoms with Gasteiger partial charge in [-0.25, -0.2) is 14.8 Å². The zero-order chi connectivity index (χ0) is 23.4. The molecule has 1 fully saturated rings. The molecule has 0 bridgehead atoms. The van der Waals surface area contributed by atoms with Gasteiger partial charge in [-0.2, -0.15) is 0 Å². The van der Waals surface area contributed by atoms with Gasteiger partial charge in [0.15, 0.2) is 11.5 Å². The molecule has 1 aliphatic heterocycles. The second-order valence-corrected chi connectivity index (χ2v) is 8.14. The fourth-order valence-electron chi connectivity index (χ4n) is 3.93. The van der Waals surface area contributed by atoms with Gasteiger partial charge in [0.2, 0.25) is 0 Å². The smallest absolute Gasteiger partial charge is 0.319 e. The Kier molecular flexibility index (Phi) is 6.67. The van der Waals surface area contributed by atoms with E-state index in [1.807, 2.05) is 50.2 Å². The first-order valence-corrected chi connectivity index (χ1v) is 10.9. The first-order chi connectivity index (χ1) is 16.0. The lowest BCUT2D eigenvalue weighted by atomic mass is 10.2. The second-order valence-electron chi connectivity index (χ2n) is 8.14. The van der Waals surface area contributed by atoms with Gasteiger partial charge in [0.05, 0.1) is 25.8 Å². The molecule has 0 saturated carbocycles. The summed E-state index contributed by atoms with van der Waals surface area (Å²) in [5.74, 6) is 2.83. The van der Waals surface area contributed by atoms with Gasteiger partial charge >= 0.3 is 6.03 Å². The number of urea groups is 1. The van der Waals surface area contributed by atoms with Crippen molar-refractivity contribution in [2.24, 2.45) is 0 Å². The molecule has 2 aromatic carbocycles. The number of ether oxygens (including phenoxy) is 3. The molecule has 1 aliphatic rings. The first-order valence-electron chi connectivity index (χ1n) is 10.9. The molecule has 2 heterocycles. The van der Waals surface area contributed by atoms with Crippen LogP contribution in [0.25, 0.3) is 10.9 Å². The quantitative estimate of drug-likeness (QED) is 0.563. The number of carbonyl (C=O) groups is 1. The van der Waals surface area contributed by atoms with Crippen LogP contribution in [0.4, 0.5) is 16.3 Å². The van der Waals surface area contributed by atoms with Crippen molar-refractivity contribution in [3.05, 3.63) is 42.7 Å². The molecule has 1 atom stereocenters. The molecule has 0 radical (unpaired) electrons. The van der Waals surface area contributed by atoms with Crippen LogP contribution in [0, 0.1) is 0 Å². The highest BCUT2D eigenvalue weighted by molar-refractivity contribution is 5.92. The minimum absolute atomic E-state index is 0.00120. The van der Waals surface area contributed by atoms with E-state index < -0.39 is 0 Å². The average Bonchev–Trinajstić information content (AvgIpc) is 3.26. The second kappa shape index (κ2) is 9.81. The van der Waals surface area contributed by atoms with E-state index in [0.717, 1.165) is 35.4 Å². The number of nitrogens with zero attached hydrogens (tertiary/aromatic N) is 3. The number of methoxy groups -OCH3 is 2. The molecular weight excluding hydrogens is 422 g/mol. The minimum atomic E-state index is -0.238. The van der Waals surface area contributed by atoms with Crippen LogP contribution in [0.2, 0.25) is 0 Å². The van der Waals surface area contributed by atoms with Gasteiger partial charge in [-0.1, -0.05) is 0 Å². The Bertz CT molecular complexity index is 1120. The summed E-state index contributed by atoms with van der Waals surface area (Å²) in [6, 6.07) is 10.8. The number of amides is 2. The van der Waals surface area contributed by atoms with Crippen molar-refractivity contribution in [2.75, 3.05) is 37.5 Å². The van der Waals surface area contributed by atoms with Gasteiger partial charge in [0.1, 0.15) is 17.9 Å². The first kappa shape index (κ1) is 22.4. The van der Waals surface area contributed by atoms with Crippen molar-refractivity contribution in [2.45, 2.75) is 32.4 Å². The highest BCUT2D eigenvalue weighted by atomic mass is 16.5. The van der Waals surface area contributed by atoms with Crippen LogP contribution in [0.15, 0.2) is 42.7 Å². The Balaban J connectivity index is 1.40. The van der Waals surface area contributed by atoms with Crippen LogP contribution >= 0.6 is 0 Å². The topological polar surface area (TPSA) is 97.8 Å². The predicted molar refractivity (Wildman–Crippen MR) is 128 cm³/mol. The molecule has 0 aliphatic carbocycles. The zero-order valence-electron chi connectivity index (χ0n) is 19.3. The number of hydrogen-bond donors (Lipinski definition) is 2. The third-order valence-corrected chi connectivity index (χ3v) is 5.43. The lowest BCUT2D eigenvalue weighted by Crippen LogP contribution is -2.39. The van der Waals surface area contributed by atoms with E-state index in [1.54, 1.807) is 20.5 Å². The molecule has 2 amide bonds. The Morgan fingerprint density at radius 1 is 1.09 bits per heavy atom. The standard InChI is InChI=1S/C24H29N5O4/c1-15(2)33-18-7-5-16(6-8-18)27-24(30)28-17-9-10-29(13-17)23-19-11-21(31-3)22(32-4)12-20(19)25-14-26-23/h5-8,11-12,14-15,17H,9-10,13H2,1-4H3,(H2,27,28,30). The van der Waals surface area contributed by atoms with Gasteiger partial charge in [-0.3, -0.25) is 0 Å². The van der Waals surface area contributed by atoms with Crippen molar-refractivity contribution in [3.63, 3.8) is 0 Å². The van der Waals surface area contributed by atoms with Crippen molar-refractivity contribution in [1.82, 2.24) is 15.3 Å². The van der Waals surface area contributed by atoms with Gasteiger partial charge in [0, 0.05) is 36.3 Å². The summed E-state index contributed by atoms with van der Waals surface area (Å²) in [6.45, 7) is 5.37. The monoisotopic (exact) mass is 451 g/mol. The molecule has 1 aromatic heterocycles. The molecule has 2 N–H and O–H groups in total. The molecule has 33 heavy (non-hydrogen) atoms. The van der Waals surface area contributed by atoms with Gasteiger partial charge in [0.25, 0.3) is 0 Å². The van der Waals surface area contributed by atoms with E-state index in [1.165, 1.54) is 0 Å². The third-order valence-electron chi connectivity index (χ3n) is 5.43. The van der Waals surface area contributed by atoms with Crippen LogP contribution in [0.1, 0.15) is 20.3 Å². The maximum Gasteiger partial charge on any atom is 0.319 e. The van der Waals surface area contributed by atoms with E-state index in [2.05, 4.69) is 25.5 Å². The average molecular weight is 452 g/mol. The Morgan fingerprint density at radius 3 is 2.52 bits per heavy atom. The number of rotatable bonds is 7. The summed E-state index contributed by atoms with van der Waals surface area (Å²) < 4.78 is 16.5. The van der Waals surface area contributed by atoms with Crippen molar-refractivity contribution in [1.29, 1.82) is 0 Å². The lowest BCUT2D eigenvalue weighted by Gasteiger charge is -2.20. The minimum Gasteiger partial charge on any atom is -0.493 e. The van der Waals surface area contributed by atoms with Crippen LogP contribution in [0.5, 0.6) is 17.2 Å². The highest BCUT2D eigenvalue weighted by Crippen LogP contribution is 2.35. The summed E-state index contributed by atoms with van der Waals surface area (Å²) in [5.41, 5.74) is 1.48. The van der Waals surface area contributed by atoms with Crippen molar-refractivity contribution in [3.8, 4) is 17.2 Å². The van der Waals surface area contributed by atoms with Gasteiger partial charge < -0.3 is 29.7 Å². The van der Waals surface area contributed by atoms with Crippen LogP contribution in [0.3, 0.4) is 0 Å². The lowest BCUT2D eigenvalue weighted by molar-refractivity contribution is 0.242. The largest absolute Gasteiger partial charge is 0.493 e. The van der Waals surface area contributed by atoms with Crippen LogP contribution in [-0.4, -0.2) is 55.5 Å². The molecule has 9 heteroatoms. The van der Waals surface area contributed by atoms with Crippen molar-refractivity contribution >= 4 is 28.4 Å². The fraction of sp³-hybridized carbons (Fsp3) is 0.375. The molecule has 9 nitrogen and oxygen atoms in total. The Hall–Kier alpha value is -3.75. The molecule has 4 rings (SSSR count). The number of hydrogen-bond acceptors (Lipinski definition) is 7. The zero-order valence-corrected chi connectivity index (χ0v) is 19.3. The van der Waals surface area contributed by atoms with Crippen molar-refractivity contribution < 1.29 is 19.0 Å². The normalized spacial score (nSPS) is 15.5. The predicted octanol–water partition coefficient (Wildman–Crippen LogP) is 3.83. The summed E-state index contributed by atoms with van der Waals surface area (Å²) in [7, 11) is 3.20. The van der Waals surface area contributed by atoms with E-state index in [0.29, 0.717) is 23.7 Å². The number of fused-ring (bicyclic) bond motifs is 1. The SMILES string of the molecule is COc1cc2ncnc(N3CCC(NC(=O)Nc4ccc(OC(C)C)cc4)C3)c2cc1OC. The van der Waals surface area contributed by atoms with E-state index in [4.69, 9.17) is 14.2 Å². The maximum atomic E-state index is 12.5. The number of carbonyl (C=O) groups excluding carboxylic acids is 1. The van der Waals surface area contributed by atoms with Crippen LogP contribution < -0.4 is 29.7 Å². The maximum absolute atomic E-state index is 12.5. The number of anilines is 2. The van der Waals surface area contributed by atoms with Gasteiger partial charge in [-0.15, -0.1) is 0 Å². The number of aromatic nitrogens is 2. The molecule has 1 unspecified atom stereocenters. The molecule has 1 saturated heterocycles. The Labute approximate surface area is 193 Å². The number of nitrogens with one attached hydrogen (secondary N) is 2. The summed E-state index contributed by atoms with van der Waals surface area (Å²) in [6.07, 6.45) is 2.46. The summed E-state index contributed by atoms with van der Waals surface area (Å²) in [4.78, 5) is 23.5. The fourth-order valence-corrected chi connectivity index (χ4v) is 3.93. The van der Waals surface area contributed by atoms with Crippen LogP contribution in [-0.2, 0) is 0 Å². The highest BCUT2D eigenvalue weighted by Gasteiger charge is 2.26. The Morgan fingerprint density at radius 2 is 1.82 bits per heavy atom. The molecular formula is C24H29N5O4. The van der Waals surface area contributed by atoms with E-state index >= 15 is 0 Å². The van der Waals surface area contributed by atoms with Gasteiger partial charge in [-0.05, 0) is 50.6 Å². The molecule has 3 aromatic rings. The van der Waals surface area contributed by atoms with E-state index in [-0.39, 0.29) is 18.2 Å². The molecule has 0 spiro atoms. The number of benzene rings is 2. The molecule has 174 valence electrons.